The van der Waals surface area contributed by atoms with Crippen molar-refractivity contribution in [2.45, 2.75) is 18.9 Å². The molecule has 76 valence electrons. The Morgan fingerprint density at radius 2 is 1.93 bits per heavy atom. The van der Waals surface area contributed by atoms with E-state index >= 15 is 0 Å². The lowest BCUT2D eigenvalue weighted by molar-refractivity contribution is 0.521. The van der Waals surface area contributed by atoms with Crippen molar-refractivity contribution in [1.82, 2.24) is 14.8 Å². The summed E-state index contributed by atoms with van der Waals surface area (Å²) < 4.78 is 2.77. The number of rotatable bonds is 1. The van der Waals surface area contributed by atoms with E-state index < -0.39 is 0 Å². The van der Waals surface area contributed by atoms with E-state index in [0.717, 1.165) is 12.8 Å². The van der Waals surface area contributed by atoms with Gasteiger partial charge in [-0.15, -0.1) is 0 Å². The highest BCUT2D eigenvalue weighted by atomic mass is 32.1. The number of hydrogen-bond donors (Lipinski definition) is 1. The molecule has 1 aromatic carbocycles. The van der Waals surface area contributed by atoms with Gasteiger partial charge in [0.15, 0.2) is 4.77 Å². The zero-order chi connectivity index (χ0) is 10.3. The summed E-state index contributed by atoms with van der Waals surface area (Å²) in [6, 6.07) is 9.01. The van der Waals surface area contributed by atoms with Crippen LogP contribution >= 0.6 is 12.2 Å². The monoisotopic (exact) mass is 217 g/mol. The van der Waals surface area contributed by atoms with Gasteiger partial charge in [-0.3, -0.25) is 5.10 Å². The average molecular weight is 217 g/mol. The second-order valence-electron chi connectivity index (χ2n) is 3.90. The Morgan fingerprint density at radius 1 is 1.27 bits per heavy atom. The van der Waals surface area contributed by atoms with E-state index in [0.29, 0.717) is 10.8 Å². The van der Waals surface area contributed by atoms with Gasteiger partial charge in [0.25, 0.3) is 0 Å². The van der Waals surface area contributed by atoms with Gasteiger partial charge in [0.1, 0.15) is 6.33 Å². The molecule has 0 unspecified atom stereocenters. The Kier molecular flexibility index (Phi) is 1.95. The number of nitrogens with one attached hydrogen (secondary N) is 1. The quantitative estimate of drug-likeness (QED) is 0.743. The first-order valence-electron chi connectivity index (χ1n) is 5.03. The molecule has 4 heteroatoms. The first kappa shape index (κ1) is 8.85. The minimum absolute atomic E-state index is 0.439. The van der Waals surface area contributed by atoms with Crippen LogP contribution in [0.15, 0.2) is 30.6 Å². The van der Waals surface area contributed by atoms with E-state index in [1.807, 2.05) is 0 Å². The van der Waals surface area contributed by atoms with E-state index in [4.69, 9.17) is 12.2 Å². The Labute approximate surface area is 92.8 Å². The molecular formula is C11H11N3S. The lowest BCUT2D eigenvalue weighted by Crippen LogP contribution is -2.07. The summed E-state index contributed by atoms with van der Waals surface area (Å²) in [4.78, 5) is 0. The van der Waals surface area contributed by atoms with E-state index in [9.17, 15) is 0 Å². The lowest BCUT2D eigenvalue weighted by atomic mass is 10.1. The first-order valence-corrected chi connectivity index (χ1v) is 5.44. The van der Waals surface area contributed by atoms with Crippen LogP contribution in [-0.2, 0) is 12.8 Å². The summed E-state index contributed by atoms with van der Waals surface area (Å²) in [7, 11) is 0. The number of aromatic amines is 1. The molecule has 3 nitrogen and oxygen atoms in total. The second-order valence-corrected chi connectivity index (χ2v) is 4.29. The lowest BCUT2D eigenvalue weighted by Gasteiger charge is -2.08. The Morgan fingerprint density at radius 3 is 2.47 bits per heavy atom. The maximum Gasteiger partial charge on any atom is 0.195 e. The molecule has 1 heterocycles. The van der Waals surface area contributed by atoms with Crippen LogP contribution in [-0.4, -0.2) is 14.8 Å². The van der Waals surface area contributed by atoms with Gasteiger partial charge < -0.3 is 4.57 Å². The van der Waals surface area contributed by atoms with Crippen molar-refractivity contribution in [2.24, 2.45) is 0 Å². The molecule has 1 aliphatic rings. The third-order valence-corrected chi connectivity index (χ3v) is 3.30. The summed E-state index contributed by atoms with van der Waals surface area (Å²) in [6.45, 7) is 0. The van der Waals surface area contributed by atoms with Gasteiger partial charge >= 0.3 is 0 Å². The molecule has 0 saturated carbocycles. The van der Waals surface area contributed by atoms with Crippen molar-refractivity contribution < 1.29 is 0 Å². The number of benzene rings is 1. The summed E-state index contributed by atoms with van der Waals surface area (Å²) in [6.07, 6.45) is 3.91. The molecule has 0 aliphatic heterocycles. The fraction of sp³-hybridized carbons (Fsp3) is 0.273. The molecule has 1 aromatic heterocycles. The van der Waals surface area contributed by atoms with Crippen LogP contribution in [0.25, 0.3) is 0 Å². The third kappa shape index (κ3) is 1.41. The van der Waals surface area contributed by atoms with Crippen LogP contribution in [0.3, 0.4) is 0 Å². The van der Waals surface area contributed by atoms with Gasteiger partial charge in [-0.2, -0.15) is 5.10 Å². The number of aromatic nitrogens is 3. The van der Waals surface area contributed by atoms with Gasteiger partial charge in [-0.05, 0) is 36.2 Å². The molecule has 0 amide bonds. The van der Waals surface area contributed by atoms with Crippen LogP contribution in [0.5, 0.6) is 0 Å². The third-order valence-electron chi connectivity index (χ3n) is 3.00. The molecule has 1 aliphatic carbocycles. The zero-order valence-corrected chi connectivity index (χ0v) is 9.00. The maximum atomic E-state index is 5.18. The fourth-order valence-electron chi connectivity index (χ4n) is 2.25. The number of H-pyrrole nitrogens is 1. The molecule has 1 N–H and O–H groups in total. The Hall–Kier alpha value is -1.42. The summed E-state index contributed by atoms with van der Waals surface area (Å²) >= 11 is 5.18. The van der Waals surface area contributed by atoms with E-state index in [1.54, 1.807) is 6.33 Å². The van der Waals surface area contributed by atoms with Crippen LogP contribution < -0.4 is 0 Å². The van der Waals surface area contributed by atoms with E-state index in [2.05, 4.69) is 39.0 Å². The minimum Gasteiger partial charge on any atom is -0.303 e. The maximum absolute atomic E-state index is 5.18. The highest BCUT2D eigenvalue weighted by Crippen LogP contribution is 2.29. The normalized spacial score (nSPS) is 15.5. The van der Waals surface area contributed by atoms with Gasteiger partial charge in [0.2, 0.25) is 0 Å². The van der Waals surface area contributed by atoms with Crippen molar-refractivity contribution >= 4 is 12.2 Å². The van der Waals surface area contributed by atoms with Crippen molar-refractivity contribution in [3.8, 4) is 0 Å². The largest absolute Gasteiger partial charge is 0.303 e. The van der Waals surface area contributed by atoms with E-state index in [1.165, 1.54) is 11.1 Å². The molecule has 0 spiro atoms. The molecule has 2 aromatic rings. The molecule has 0 radical (unpaired) electrons. The predicted molar refractivity (Wildman–Crippen MR) is 60.3 cm³/mol. The molecule has 15 heavy (non-hydrogen) atoms. The topological polar surface area (TPSA) is 33.6 Å². The first-order chi connectivity index (χ1) is 7.34. The predicted octanol–water partition coefficient (Wildman–Crippen LogP) is 2.28. The Balaban J connectivity index is 1.97. The highest BCUT2D eigenvalue weighted by molar-refractivity contribution is 7.71. The van der Waals surface area contributed by atoms with Gasteiger partial charge in [-0.25, -0.2) is 0 Å². The SMILES string of the molecule is S=c1[nH]ncn1C1Cc2ccccc2C1. The molecule has 0 atom stereocenters. The van der Waals surface area contributed by atoms with Crippen LogP contribution in [0.4, 0.5) is 0 Å². The number of hydrogen-bond acceptors (Lipinski definition) is 2. The molecule has 0 bridgehead atoms. The van der Waals surface area contributed by atoms with Crippen molar-refractivity contribution in [2.75, 3.05) is 0 Å². The zero-order valence-electron chi connectivity index (χ0n) is 8.18. The van der Waals surface area contributed by atoms with Gasteiger partial charge in [-0.1, -0.05) is 24.3 Å². The van der Waals surface area contributed by atoms with Crippen LogP contribution in [0.1, 0.15) is 17.2 Å². The summed E-state index contributed by atoms with van der Waals surface area (Å²) in [5.74, 6) is 0. The highest BCUT2D eigenvalue weighted by Gasteiger charge is 2.22. The molecular weight excluding hydrogens is 206 g/mol. The van der Waals surface area contributed by atoms with Crippen LogP contribution in [0, 0.1) is 4.77 Å². The second kappa shape index (κ2) is 3.31. The molecule has 0 fully saturated rings. The Bertz CT molecular complexity index is 516. The van der Waals surface area contributed by atoms with Crippen molar-refractivity contribution in [3.05, 3.63) is 46.5 Å². The number of nitrogens with zero attached hydrogens (tertiary/aromatic N) is 2. The van der Waals surface area contributed by atoms with Crippen molar-refractivity contribution in [1.29, 1.82) is 0 Å². The molecule has 0 saturated heterocycles. The number of fused-ring (bicyclic) bond motifs is 1. The van der Waals surface area contributed by atoms with Crippen molar-refractivity contribution in [3.63, 3.8) is 0 Å². The van der Waals surface area contributed by atoms with Gasteiger partial charge in [0.05, 0.1) is 0 Å². The molecule has 3 rings (SSSR count). The van der Waals surface area contributed by atoms with Crippen LogP contribution in [0.2, 0.25) is 0 Å². The van der Waals surface area contributed by atoms with E-state index in [-0.39, 0.29) is 0 Å². The summed E-state index contributed by atoms with van der Waals surface area (Å²) in [5, 5.41) is 6.76. The minimum atomic E-state index is 0.439. The summed E-state index contributed by atoms with van der Waals surface area (Å²) in [5.41, 5.74) is 2.87. The smallest absolute Gasteiger partial charge is 0.195 e. The standard InChI is InChI=1S/C11H11N3S/c15-11-13-12-7-14(11)10-5-8-3-1-2-4-9(8)6-10/h1-4,7,10H,5-6H2,(H,13,15). The average Bonchev–Trinajstić information content (AvgIpc) is 2.82. The fourth-order valence-corrected chi connectivity index (χ4v) is 2.50. The van der Waals surface area contributed by atoms with Gasteiger partial charge in [0, 0.05) is 6.04 Å².